The molecule has 0 heterocycles. The van der Waals surface area contributed by atoms with Crippen LogP contribution in [0.25, 0.3) is 0 Å². The molecule has 0 radical (unpaired) electrons. The molecule has 0 aliphatic carbocycles. The SMILES string of the molecule is CCC[C@H](C/C=C/C(=O)OCC)O[Si](C)(C)C(C)(C)C. The Morgan fingerprint density at radius 1 is 1.25 bits per heavy atom. The number of carbonyl (C=O) groups is 1. The molecule has 0 bridgehead atoms. The first kappa shape index (κ1) is 19.4. The molecule has 1 atom stereocenters. The van der Waals surface area contributed by atoms with E-state index in [0.29, 0.717) is 6.61 Å². The Kier molecular flexibility index (Phi) is 8.36. The van der Waals surface area contributed by atoms with E-state index < -0.39 is 8.32 Å². The number of ether oxygens (including phenoxy) is 1. The number of hydrogen-bond acceptors (Lipinski definition) is 3. The highest BCUT2D eigenvalue weighted by Crippen LogP contribution is 2.38. The van der Waals surface area contributed by atoms with Crippen molar-refractivity contribution in [3.63, 3.8) is 0 Å². The molecular weight excluding hydrogens is 268 g/mol. The van der Waals surface area contributed by atoms with Gasteiger partial charge in [-0.3, -0.25) is 0 Å². The summed E-state index contributed by atoms with van der Waals surface area (Å²) in [4.78, 5) is 11.3. The third kappa shape index (κ3) is 7.24. The summed E-state index contributed by atoms with van der Waals surface area (Å²) in [5.41, 5.74) is 0. The van der Waals surface area contributed by atoms with Gasteiger partial charge in [0.05, 0.1) is 6.61 Å². The predicted molar refractivity (Wildman–Crippen MR) is 87.4 cm³/mol. The topological polar surface area (TPSA) is 35.5 Å². The van der Waals surface area contributed by atoms with Crippen LogP contribution >= 0.6 is 0 Å². The molecular formula is C16H32O3Si. The Labute approximate surface area is 125 Å². The molecule has 0 saturated heterocycles. The van der Waals surface area contributed by atoms with Gasteiger partial charge >= 0.3 is 5.97 Å². The Bertz CT molecular complexity index is 316. The van der Waals surface area contributed by atoms with Gasteiger partial charge in [-0.15, -0.1) is 0 Å². The number of hydrogen-bond donors (Lipinski definition) is 0. The zero-order valence-electron chi connectivity index (χ0n) is 14.3. The second-order valence-electron chi connectivity index (χ2n) is 6.68. The summed E-state index contributed by atoms with van der Waals surface area (Å²) < 4.78 is 11.3. The van der Waals surface area contributed by atoms with Crippen LogP contribution in [0.4, 0.5) is 0 Å². The molecule has 20 heavy (non-hydrogen) atoms. The van der Waals surface area contributed by atoms with Crippen LogP contribution in [0.15, 0.2) is 12.2 Å². The molecule has 0 saturated carbocycles. The van der Waals surface area contributed by atoms with Crippen molar-refractivity contribution in [1.82, 2.24) is 0 Å². The van der Waals surface area contributed by atoms with Crippen LogP contribution in [0.2, 0.25) is 18.1 Å². The second-order valence-corrected chi connectivity index (χ2v) is 11.4. The molecule has 3 nitrogen and oxygen atoms in total. The van der Waals surface area contributed by atoms with Crippen molar-refractivity contribution >= 4 is 14.3 Å². The first-order valence-electron chi connectivity index (χ1n) is 7.65. The smallest absolute Gasteiger partial charge is 0.330 e. The van der Waals surface area contributed by atoms with Crippen LogP contribution in [-0.2, 0) is 14.0 Å². The maximum absolute atomic E-state index is 11.3. The lowest BCUT2D eigenvalue weighted by molar-refractivity contribution is -0.137. The van der Waals surface area contributed by atoms with Crippen LogP contribution < -0.4 is 0 Å². The first-order valence-corrected chi connectivity index (χ1v) is 10.6. The molecule has 0 fully saturated rings. The third-order valence-electron chi connectivity index (χ3n) is 3.82. The predicted octanol–water partition coefficient (Wildman–Crippen LogP) is 4.69. The average Bonchev–Trinajstić information content (AvgIpc) is 2.27. The number of esters is 1. The normalized spacial score (nSPS) is 14.6. The Morgan fingerprint density at radius 3 is 2.30 bits per heavy atom. The Hall–Kier alpha value is -0.613. The largest absolute Gasteiger partial charge is 0.463 e. The van der Waals surface area contributed by atoms with Gasteiger partial charge in [-0.25, -0.2) is 4.79 Å². The zero-order valence-corrected chi connectivity index (χ0v) is 15.3. The molecule has 0 aromatic rings. The van der Waals surface area contributed by atoms with Crippen molar-refractivity contribution in [2.24, 2.45) is 0 Å². The van der Waals surface area contributed by atoms with Crippen LogP contribution in [-0.4, -0.2) is 27.0 Å². The minimum Gasteiger partial charge on any atom is -0.463 e. The molecule has 0 spiro atoms. The first-order chi connectivity index (χ1) is 9.14. The molecule has 0 rings (SSSR count). The van der Waals surface area contributed by atoms with E-state index in [1.54, 1.807) is 0 Å². The number of carbonyl (C=O) groups excluding carboxylic acids is 1. The lowest BCUT2D eigenvalue weighted by atomic mass is 10.1. The third-order valence-corrected chi connectivity index (χ3v) is 8.35. The van der Waals surface area contributed by atoms with Crippen molar-refractivity contribution in [2.45, 2.75) is 78.1 Å². The average molecular weight is 301 g/mol. The van der Waals surface area contributed by atoms with Gasteiger partial charge in [-0.05, 0) is 37.9 Å². The van der Waals surface area contributed by atoms with Gasteiger partial charge in [-0.1, -0.05) is 40.2 Å². The summed E-state index contributed by atoms with van der Waals surface area (Å²) in [6.07, 6.45) is 6.49. The van der Waals surface area contributed by atoms with Crippen LogP contribution in [0, 0.1) is 0 Å². The molecule has 0 aliphatic rings. The van der Waals surface area contributed by atoms with Gasteiger partial charge in [0.2, 0.25) is 0 Å². The van der Waals surface area contributed by atoms with Gasteiger partial charge in [0.15, 0.2) is 8.32 Å². The highest BCUT2D eigenvalue weighted by molar-refractivity contribution is 6.74. The maximum Gasteiger partial charge on any atom is 0.330 e. The second kappa shape index (κ2) is 8.62. The van der Waals surface area contributed by atoms with Crippen molar-refractivity contribution in [2.75, 3.05) is 6.61 Å². The standard InChI is InChI=1S/C16H32O3Si/c1-8-11-14(12-10-13-15(17)18-9-2)19-20(6,7)16(3,4)5/h10,13-14H,8-9,11-12H2,1-7H3/b13-10+/t14-/m1/s1. The van der Waals surface area contributed by atoms with Gasteiger partial charge in [-0.2, -0.15) is 0 Å². The van der Waals surface area contributed by atoms with Gasteiger partial charge < -0.3 is 9.16 Å². The molecule has 4 heteroatoms. The zero-order chi connectivity index (χ0) is 15.8. The molecule has 0 aliphatic heterocycles. The van der Waals surface area contributed by atoms with Gasteiger partial charge in [0, 0.05) is 12.2 Å². The fourth-order valence-corrected chi connectivity index (χ4v) is 3.05. The van der Waals surface area contributed by atoms with Crippen LogP contribution in [0.1, 0.15) is 53.9 Å². The van der Waals surface area contributed by atoms with E-state index in [4.69, 9.17) is 9.16 Å². The Morgan fingerprint density at radius 2 is 1.85 bits per heavy atom. The lowest BCUT2D eigenvalue weighted by Gasteiger charge is -2.39. The summed E-state index contributed by atoms with van der Waals surface area (Å²) in [7, 11) is -1.75. The quantitative estimate of drug-likeness (QED) is 0.371. The van der Waals surface area contributed by atoms with E-state index in [-0.39, 0.29) is 17.1 Å². The van der Waals surface area contributed by atoms with E-state index in [2.05, 4.69) is 40.8 Å². The summed E-state index contributed by atoms with van der Waals surface area (Å²) in [5, 5.41) is 0.212. The van der Waals surface area contributed by atoms with E-state index in [9.17, 15) is 4.79 Å². The molecule has 0 aromatic heterocycles. The van der Waals surface area contributed by atoms with Gasteiger partial charge in [0.25, 0.3) is 0 Å². The summed E-state index contributed by atoms with van der Waals surface area (Å²) in [6.45, 7) is 15.7. The summed E-state index contributed by atoms with van der Waals surface area (Å²) >= 11 is 0. The fourth-order valence-electron chi connectivity index (χ4n) is 1.65. The highest BCUT2D eigenvalue weighted by Gasteiger charge is 2.38. The van der Waals surface area contributed by atoms with Crippen molar-refractivity contribution in [1.29, 1.82) is 0 Å². The summed E-state index contributed by atoms with van der Waals surface area (Å²) in [6, 6.07) is 0. The van der Waals surface area contributed by atoms with Crippen molar-refractivity contribution in [3.8, 4) is 0 Å². The van der Waals surface area contributed by atoms with Crippen molar-refractivity contribution in [3.05, 3.63) is 12.2 Å². The van der Waals surface area contributed by atoms with Gasteiger partial charge in [0.1, 0.15) is 0 Å². The minimum absolute atomic E-state index is 0.201. The molecule has 0 N–H and O–H groups in total. The molecule has 0 aromatic carbocycles. The minimum atomic E-state index is -1.75. The monoisotopic (exact) mass is 300 g/mol. The van der Waals surface area contributed by atoms with Crippen LogP contribution in [0.5, 0.6) is 0 Å². The molecule has 0 unspecified atom stereocenters. The Balaban J connectivity index is 4.55. The van der Waals surface area contributed by atoms with E-state index >= 15 is 0 Å². The van der Waals surface area contributed by atoms with E-state index in [0.717, 1.165) is 19.3 Å². The molecule has 118 valence electrons. The van der Waals surface area contributed by atoms with Crippen molar-refractivity contribution < 1.29 is 14.0 Å². The maximum atomic E-state index is 11.3. The highest BCUT2D eigenvalue weighted by atomic mass is 28.4. The van der Waals surface area contributed by atoms with E-state index in [1.165, 1.54) is 6.08 Å². The van der Waals surface area contributed by atoms with Crippen LogP contribution in [0.3, 0.4) is 0 Å². The fraction of sp³-hybridized carbons (Fsp3) is 0.812. The lowest BCUT2D eigenvalue weighted by Crippen LogP contribution is -2.43. The molecule has 0 amide bonds. The van der Waals surface area contributed by atoms with E-state index in [1.807, 2.05) is 13.0 Å². The number of rotatable bonds is 8. The summed E-state index contributed by atoms with van der Waals surface area (Å²) in [5.74, 6) is -0.268.